The third-order valence-corrected chi connectivity index (χ3v) is 4.45. The van der Waals surface area contributed by atoms with Crippen LogP contribution in [0.2, 0.25) is 5.02 Å². The molecular formula is C10H13Cl2NO2S. The van der Waals surface area contributed by atoms with Gasteiger partial charge in [-0.1, -0.05) is 30.7 Å². The Kier molecular flexibility index (Phi) is 5.05. The molecule has 1 atom stereocenters. The monoisotopic (exact) mass is 281 g/mol. The maximum absolute atomic E-state index is 11.8. The van der Waals surface area contributed by atoms with E-state index in [1.807, 2.05) is 6.92 Å². The maximum Gasteiger partial charge on any atom is 0.242 e. The van der Waals surface area contributed by atoms with Crippen molar-refractivity contribution < 1.29 is 8.42 Å². The number of hydrogen-bond acceptors (Lipinski definition) is 2. The molecule has 6 heteroatoms. The number of sulfonamides is 1. The van der Waals surface area contributed by atoms with Gasteiger partial charge in [-0.05, 0) is 18.6 Å². The Morgan fingerprint density at radius 1 is 1.38 bits per heavy atom. The van der Waals surface area contributed by atoms with E-state index in [0.717, 1.165) is 0 Å². The van der Waals surface area contributed by atoms with E-state index in [-0.39, 0.29) is 21.8 Å². The number of alkyl halides is 1. The van der Waals surface area contributed by atoms with Crippen LogP contribution in [0.1, 0.15) is 13.3 Å². The van der Waals surface area contributed by atoms with Gasteiger partial charge in [0, 0.05) is 11.9 Å². The van der Waals surface area contributed by atoms with Gasteiger partial charge >= 0.3 is 0 Å². The highest BCUT2D eigenvalue weighted by molar-refractivity contribution is 7.89. The molecule has 0 fully saturated rings. The second-order valence-electron chi connectivity index (χ2n) is 3.29. The van der Waals surface area contributed by atoms with Gasteiger partial charge < -0.3 is 0 Å². The van der Waals surface area contributed by atoms with Crippen molar-refractivity contribution in [1.82, 2.24) is 4.72 Å². The van der Waals surface area contributed by atoms with Gasteiger partial charge in [-0.25, -0.2) is 13.1 Å². The Morgan fingerprint density at radius 3 is 2.56 bits per heavy atom. The van der Waals surface area contributed by atoms with Crippen LogP contribution < -0.4 is 4.72 Å². The van der Waals surface area contributed by atoms with Crippen molar-refractivity contribution in [2.45, 2.75) is 23.6 Å². The fraction of sp³-hybridized carbons (Fsp3) is 0.400. The van der Waals surface area contributed by atoms with Gasteiger partial charge in [-0.3, -0.25) is 0 Å². The van der Waals surface area contributed by atoms with Crippen LogP contribution in [-0.4, -0.2) is 20.3 Å². The molecular weight excluding hydrogens is 269 g/mol. The summed E-state index contributed by atoms with van der Waals surface area (Å²) in [5, 5.41) is -0.00474. The minimum Gasteiger partial charge on any atom is -0.210 e. The molecule has 0 spiro atoms. The first kappa shape index (κ1) is 13.8. The molecule has 90 valence electrons. The van der Waals surface area contributed by atoms with E-state index in [1.54, 1.807) is 12.1 Å². The number of hydrogen-bond donors (Lipinski definition) is 1. The molecule has 1 N–H and O–H groups in total. The minimum absolute atomic E-state index is 0.0802. The van der Waals surface area contributed by atoms with Gasteiger partial charge in [0.2, 0.25) is 10.0 Å². The lowest BCUT2D eigenvalue weighted by molar-refractivity contribution is 0.579. The molecule has 0 amide bonds. The Bertz CT molecular complexity index is 448. The fourth-order valence-corrected chi connectivity index (χ4v) is 2.85. The summed E-state index contributed by atoms with van der Waals surface area (Å²) in [6.45, 7) is 2.09. The largest absolute Gasteiger partial charge is 0.242 e. The van der Waals surface area contributed by atoms with Crippen LogP contribution in [0.15, 0.2) is 29.2 Å². The molecule has 1 unspecified atom stereocenters. The van der Waals surface area contributed by atoms with Crippen LogP contribution in [-0.2, 0) is 10.0 Å². The molecule has 0 heterocycles. The molecule has 1 aromatic rings. The van der Waals surface area contributed by atoms with E-state index in [4.69, 9.17) is 23.2 Å². The topological polar surface area (TPSA) is 46.2 Å². The van der Waals surface area contributed by atoms with Gasteiger partial charge in [-0.15, -0.1) is 11.6 Å². The molecule has 0 saturated heterocycles. The molecule has 0 radical (unpaired) electrons. The van der Waals surface area contributed by atoms with Crippen LogP contribution in [0, 0.1) is 0 Å². The quantitative estimate of drug-likeness (QED) is 0.844. The summed E-state index contributed by atoms with van der Waals surface area (Å²) in [6, 6.07) is 6.30. The third kappa shape index (κ3) is 3.63. The van der Waals surface area contributed by atoms with Gasteiger partial charge in [0.1, 0.15) is 4.90 Å². The fourth-order valence-electron chi connectivity index (χ4n) is 1.08. The summed E-state index contributed by atoms with van der Waals surface area (Å²) >= 11 is 11.6. The van der Waals surface area contributed by atoms with Crippen molar-refractivity contribution in [3.05, 3.63) is 29.3 Å². The molecule has 1 aromatic carbocycles. The summed E-state index contributed by atoms with van der Waals surface area (Å²) in [7, 11) is -3.56. The lowest BCUT2D eigenvalue weighted by Crippen LogP contribution is -2.29. The van der Waals surface area contributed by atoms with Gasteiger partial charge in [0.15, 0.2) is 0 Å². The first-order chi connectivity index (χ1) is 7.47. The van der Waals surface area contributed by atoms with Crippen LogP contribution >= 0.6 is 23.2 Å². The average Bonchev–Trinajstić information content (AvgIpc) is 2.26. The molecule has 0 aliphatic rings. The van der Waals surface area contributed by atoms with Crippen LogP contribution in [0.4, 0.5) is 0 Å². The molecule has 0 saturated carbocycles. The minimum atomic E-state index is -3.56. The highest BCUT2D eigenvalue weighted by Gasteiger charge is 2.17. The molecule has 0 bridgehead atoms. The zero-order chi connectivity index (χ0) is 12.2. The SMILES string of the molecule is CCC(Cl)CNS(=O)(=O)c1ccccc1Cl. The Labute approximate surface area is 106 Å². The van der Waals surface area contributed by atoms with E-state index in [9.17, 15) is 8.42 Å². The standard InChI is InChI=1S/C10H13Cl2NO2S/c1-2-8(11)7-13-16(14,15)10-6-4-3-5-9(10)12/h3-6,8,13H,2,7H2,1H3. The average molecular weight is 282 g/mol. The highest BCUT2D eigenvalue weighted by atomic mass is 35.5. The molecule has 3 nitrogen and oxygen atoms in total. The number of rotatable bonds is 5. The summed E-state index contributed by atoms with van der Waals surface area (Å²) in [6.07, 6.45) is 0.701. The van der Waals surface area contributed by atoms with E-state index in [0.29, 0.717) is 6.42 Å². The van der Waals surface area contributed by atoms with Crippen molar-refractivity contribution in [1.29, 1.82) is 0 Å². The second kappa shape index (κ2) is 5.87. The Balaban J connectivity index is 2.83. The number of benzene rings is 1. The lowest BCUT2D eigenvalue weighted by atomic mass is 10.3. The third-order valence-electron chi connectivity index (χ3n) is 2.06. The van der Waals surface area contributed by atoms with Gasteiger partial charge in [-0.2, -0.15) is 0 Å². The molecule has 16 heavy (non-hydrogen) atoms. The molecule has 0 aliphatic carbocycles. The van der Waals surface area contributed by atoms with E-state index in [1.165, 1.54) is 12.1 Å². The summed E-state index contributed by atoms with van der Waals surface area (Å²) in [5.41, 5.74) is 0. The van der Waals surface area contributed by atoms with Crippen molar-refractivity contribution in [3.63, 3.8) is 0 Å². The summed E-state index contributed by atoms with van der Waals surface area (Å²) in [4.78, 5) is 0.0802. The van der Waals surface area contributed by atoms with Crippen molar-refractivity contribution in [2.24, 2.45) is 0 Å². The highest BCUT2D eigenvalue weighted by Crippen LogP contribution is 2.20. The van der Waals surface area contributed by atoms with Crippen LogP contribution in [0.3, 0.4) is 0 Å². The predicted octanol–water partition coefficient (Wildman–Crippen LogP) is 2.64. The van der Waals surface area contributed by atoms with E-state index >= 15 is 0 Å². The maximum atomic E-state index is 11.8. The summed E-state index contributed by atoms with van der Waals surface area (Å²) in [5.74, 6) is 0. The van der Waals surface area contributed by atoms with E-state index < -0.39 is 10.0 Å². The summed E-state index contributed by atoms with van der Waals surface area (Å²) < 4.78 is 26.1. The molecule has 0 aliphatic heterocycles. The van der Waals surface area contributed by atoms with Gasteiger partial charge in [0.25, 0.3) is 0 Å². The first-order valence-electron chi connectivity index (χ1n) is 4.85. The number of halogens is 2. The zero-order valence-corrected chi connectivity index (χ0v) is 11.1. The van der Waals surface area contributed by atoms with Crippen molar-refractivity contribution in [2.75, 3.05) is 6.54 Å². The smallest absolute Gasteiger partial charge is 0.210 e. The normalized spacial score (nSPS) is 13.7. The Morgan fingerprint density at radius 2 is 2.00 bits per heavy atom. The molecule has 1 rings (SSSR count). The number of nitrogens with one attached hydrogen (secondary N) is 1. The van der Waals surface area contributed by atoms with Crippen molar-refractivity contribution >= 4 is 33.2 Å². The first-order valence-corrected chi connectivity index (χ1v) is 7.15. The van der Waals surface area contributed by atoms with E-state index in [2.05, 4.69) is 4.72 Å². The van der Waals surface area contributed by atoms with Gasteiger partial charge in [0.05, 0.1) is 5.02 Å². The van der Waals surface area contributed by atoms with Crippen LogP contribution in [0.25, 0.3) is 0 Å². The lowest BCUT2D eigenvalue weighted by Gasteiger charge is -2.10. The zero-order valence-electron chi connectivity index (χ0n) is 8.78. The van der Waals surface area contributed by atoms with Crippen molar-refractivity contribution in [3.8, 4) is 0 Å². The second-order valence-corrected chi connectivity index (χ2v) is 6.05. The van der Waals surface area contributed by atoms with Crippen LogP contribution in [0.5, 0.6) is 0 Å². The Hall–Kier alpha value is -0.290. The molecule has 0 aromatic heterocycles. The predicted molar refractivity (Wildman–Crippen MR) is 66.6 cm³/mol.